The minimum absolute atomic E-state index is 0.155. The highest BCUT2D eigenvalue weighted by Crippen LogP contribution is 2.22. The number of rotatable bonds is 2. The standard InChI is InChI=1S/C12H16FNO2/c1-12(2,3)11(15)14-8-5-6-10(16-4)9(13)7-8/h5-7H,1-4H3,(H,14,15). The monoisotopic (exact) mass is 225 g/mol. The van der Waals surface area contributed by atoms with Crippen LogP contribution < -0.4 is 10.1 Å². The number of benzene rings is 1. The first-order valence-electron chi connectivity index (χ1n) is 4.99. The van der Waals surface area contributed by atoms with Crippen LogP contribution in [0.2, 0.25) is 0 Å². The van der Waals surface area contributed by atoms with Gasteiger partial charge in [0.05, 0.1) is 7.11 Å². The number of hydrogen-bond donors (Lipinski definition) is 1. The molecule has 0 saturated carbocycles. The van der Waals surface area contributed by atoms with Gasteiger partial charge in [-0.2, -0.15) is 0 Å². The molecule has 1 rings (SSSR count). The second-order valence-corrected chi connectivity index (χ2v) is 4.55. The highest BCUT2D eigenvalue weighted by molar-refractivity contribution is 5.94. The summed E-state index contributed by atoms with van der Waals surface area (Å²) in [7, 11) is 1.39. The van der Waals surface area contributed by atoms with Crippen molar-refractivity contribution in [1.29, 1.82) is 0 Å². The Kier molecular flexibility index (Phi) is 3.52. The van der Waals surface area contributed by atoms with Gasteiger partial charge in [-0.15, -0.1) is 0 Å². The fourth-order valence-electron chi connectivity index (χ4n) is 1.06. The summed E-state index contributed by atoms with van der Waals surface area (Å²) in [6.07, 6.45) is 0. The van der Waals surface area contributed by atoms with Gasteiger partial charge < -0.3 is 10.1 Å². The molecule has 1 aromatic carbocycles. The van der Waals surface area contributed by atoms with Gasteiger partial charge in [0.1, 0.15) is 0 Å². The number of hydrogen-bond acceptors (Lipinski definition) is 2. The van der Waals surface area contributed by atoms with Gasteiger partial charge in [0.2, 0.25) is 5.91 Å². The minimum atomic E-state index is -0.504. The lowest BCUT2D eigenvalue weighted by atomic mass is 9.95. The zero-order chi connectivity index (χ0) is 12.3. The Hall–Kier alpha value is -1.58. The van der Waals surface area contributed by atoms with E-state index in [0.717, 1.165) is 0 Å². The maximum atomic E-state index is 13.3. The van der Waals surface area contributed by atoms with E-state index in [-0.39, 0.29) is 11.7 Å². The molecule has 0 radical (unpaired) electrons. The molecular weight excluding hydrogens is 209 g/mol. The van der Waals surface area contributed by atoms with Crippen molar-refractivity contribution in [2.24, 2.45) is 5.41 Å². The Balaban J connectivity index is 2.84. The first-order valence-corrected chi connectivity index (χ1v) is 4.99. The maximum Gasteiger partial charge on any atom is 0.229 e. The van der Waals surface area contributed by atoms with Crippen molar-refractivity contribution < 1.29 is 13.9 Å². The van der Waals surface area contributed by atoms with Crippen molar-refractivity contribution in [1.82, 2.24) is 0 Å². The molecule has 0 unspecified atom stereocenters. The Morgan fingerprint density at radius 3 is 2.44 bits per heavy atom. The summed E-state index contributed by atoms with van der Waals surface area (Å²) in [5, 5.41) is 2.64. The molecule has 0 atom stereocenters. The van der Waals surface area contributed by atoms with Crippen LogP contribution in [0.1, 0.15) is 20.8 Å². The molecule has 1 amide bonds. The third-order valence-electron chi connectivity index (χ3n) is 2.09. The summed E-state index contributed by atoms with van der Waals surface area (Å²) < 4.78 is 18.1. The van der Waals surface area contributed by atoms with E-state index in [9.17, 15) is 9.18 Å². The normalized spacial score (nSPS) is 11.1. The molecule has 3 nitrogen and oxygen atoms in total. The topological polar surface area (TPSA) is 38.3 Å². The van der Waals surface area contributed by atoms with E-state index in [0.29, 0.717) is 5.69 Å². The van der Waals surface area contributed by atoms with E-state index in [2.05, 4.69) is 5.32 Å². The molecule has 0 spiro atoms. The third kappa shape index (κ3) is 2.95. The van der Waals surface area contributed by atoms with Gasteiger partial charge in [-0.05, 0) is 12.1 Å². The molecular formula is C12H16FNO2. The lowest BCUT2D eigenvalue weighted by Crippen LogP contribution is -2.27. The SMILES string of the molecule is COc1ccc(NC(=O)C(C)(C)C)cc1F. The average Bonchev–Trinajstić information content (AvgIpc) is 2.16. The summed E-state index contributed by atoms with van der Waals surface area (Å²) >= 11 is 0. The molecule has 0 aliphatic carbocycles. The highest BCUT2D eigenvalue weighted by Gasteiger charge is 2.21. The molecule has 0 fully saturated rings. The Morgan fingerprint density at radius 1 is 1.38 bits per heavy atom. The number of methoxy groups -OCH3 is 1. The molecule has 0 heterocycles. The molecule has 0 aliphatic heterocycles. The number of ether oxygens (including phenoxy) is 1. The first-order chi connectivity index (χ1) is 7.34. The average molecular weight is 225 g/mol. The van der Waals surface area contributed by atoms with Crippen LogP contribution in [0.3, 0.4) is 0 Å². The summed E-state index contributed by atoms with van der Waals surface area (Å²) in [5.74, 6) is -0.486. The summed E-state index contributed by atoms with van der Waals surface area (Å²) in [4.78, 5) is 11.6. The minimum Gasteiger partial charge on any atom is -0.494 e. The molecule has 1 aromatic rings. The van der Waals surface area contributed by atoms with Crippen LogP contribution in [0.5, 0.6) is 5.75 Å². The van der Waals surface area contributed by atoms with E-state index < -0.39 is 11.2 Å². The number of carbonyl (C=O) groups is 1. The number of anilines is 1. The molecule has 16 heavy (non-hydrogen) atoms. The predicted molar refractivity (Wildman–Crippen MR) is 61.0 cm³/mol. The van der Waals surface area contributed by atoms with Crippen LogP contribution in [0, 0.1) is 11.2 Å². The zero-order valence-corrected chi connectivity index (χ0v) is 9.93. The van der Waals surface area contributed by atoms with E-state index in [1.807, 2.05) is 0 Å². The Morgan fingerprint density at radius 2 is 2.00 bits per heavy atom. The first kappa shape index (κ1) is 12.5. The largest absolute Gasteiger partial charge is 0.494 e. The van der Waals surface area contributed by atoms with Gasteiger partial charge in [-0.3, -0.25) is 4.79 Å². The van der Waals surface area contributed by atoms with Crippen LogP contribution in [0.25, 0.3) is 0 Å². The van der Waals surface area contributed by atoms with Gasteiger partial charge in [0.15, 0.2) is 11.6 Å². The van der Waals surface area contributed by atoms with Crippen LogP contribution in [0.4, 0.5) is 10.1 Å². The van der Waals surface area contributed by atoms with Crippen molar-refractivity contribution in [2.45, 2.75) is 20.8 Å². The number of halogens is 1. The number of amides is 1. The van der Waals surface area contributed by atoms with E-state index >= 15 is 0 Å². The number of nitrogens with one attached hydrogen (secondary N) is 1. The van der Waals surface area contributed by atoms with Crippen LogP contribution in [-0.4, -0.2) is 13.0 Å². The molecule has 88 valence electrons. The van der Waals surface area contributed by atoms with Crippen molar-refractivity contribution in [3.05, 3.63) is 24.0 Å². The Labute approximate surface area is 94.6 Å². The maximum absolute atomic E-state index is 13.3. The fraction of sp³-hybridized carbons (Fsp3) is 0.417. The van der Waals surface area contributed by atoms with E-state index in [4.69, 9.17) is 4.74 Å². The molecule has 1 N–H and O–H groups in total. The molecule has 0 saturated heterocycles. The summed E-state index contributed by atoms with van der Waals surface area (Å²) in [5.41, 5.74) is -0.0747. The van der Waals surface area contributed by atoms with Crippen molar-refractivity contribution in [3.8, 4) is 5.75 Å². The summed E-state index contributed by atoms with van der Waals surface area (Å²) in [6, 6.07) is 4.32. The lowest BCUT2D eigenvalue weighted by molar-refractivity contribution is -0.123. The molecule has 4 heteroatoms. The third-order valence-corrected chi connectivity index (χ3v) is 2.09. The molecule has 0 aliphatic rings. The number of carbonyl (C=O) groups excluding carboxylic acids is 1. The van der Waals surface area contributed by atoms with Gasteiger partial charge in [-0.25, -0.2) is 4.39 Å². The molecule has 0 bridgehead atoms. The van der Waals surface area contributed by atoms with Gasteiger partial charge in [-0.1, -0.05) is 20.8 Å². The van der Waals surface area contributed by atoms with Gasteiger partial charge >= 0.3 is 0 Å². The fourth-order valence-corrected chi connectivity index (χ4v) is 1.06. The summed E-state index contributed by atoms with van der Waals surface area (Å²) in [6.45, 7) is 5.38. The Bertz CT molecular complexity index is 396. The predicted octanol–water partition coefficient (Wildman–Crippen LogP) is 2.82. The van der Waals surface area contributed by atoms with Crippen LogP contribution >= 0.6 is 0 Å². The van der Waals surface area contributed by atoms with Crippen molar-refractivity contribution in [2.75, 3.05) is 12.4 Å². The van der Waals surface area contributed by atoms with Crippen molar-refractivity contribution >= 4 is 11.6 Å². The van der Waals surface area contributed by atoms with E-state index in [1.165, 1.54) is 19.2 Å². The molecule has 0 aromatic heterocycles. The van der Waals surface area contributed by atoms with Crippen molar-refractivity contribution in [3.63, 3.8) is 0 Å². The smallest absolute Gasteiger partial charge is 0.229 e. The van der Waals surface area contributed by atoms with Crippen LogP contribution in [-0.2, 0) is 4.79 Å². The second-order valence-electron chi connectivity index (χ2n) is 4.55. The quantitative estimate of drug-likeness (QED) is 0.840. The lowest BCUT2D eigenvalue weighted by Gasteiger charge is -2.17. The zero-order valence-electron chi connectivity index (χ0n) is 9.93. The van der Waals surface area contributed by atoms with Crippen LogP contribution in [0.15, 0.2) is 18.2 Å². The van der Waals surface area contributed by atoms with E-state index in [1.54, 1.807) is 26.8 Å². The van der Waals surface area contributed by atoms with Gasteiger partial charge in [0.25, 0.3) is 0 Å². The second kappa shape index (κ2) is 4.51. The highest BCUT2D eigenvalue weighted by atomic mass is 19.1. The van der Waals surface area contributed by atoms with Gasteiger partial charge in [0, 0.05) is 17.2 Å².